The molecule has 0 atom stereocenters. The monoisotopic (exact) mass is 248 g/mol. The predicted molar refractivity (Wildman–Crippen MR) is 65.4 cm³/mol. The summed E-state index contributed by atoms with van der Waals surface area (Å²) < 4.78 is 18.2. The van der Waals surface area contributed by atoms with Gasteiger partial charge in [-0.05, 0) is 24.6 Å². The first-order valence-corrected chi connectivity index (χ1v) is 5.48. The van der Waals surface area contributed by atoms with Gasteiger partial charge in [0.25, 0.3) is 5.56 Å². The number of hydrogen-bond donors (Lipinski definition) is 1. The van der Waals surface area contributed by atoms with Crippen molar-refractivity contribution < 1.29 is 9.13 Å². The molecule has 1 aromatic heterocycles. The van der Waals surface area contributed by atoms with Gasteiger partial charge in [-0.2, -0.15) is 4.39 Å². The topological polar surface area (TPSA) is 55.0 Å². The van der Waals surface area contributed by atoms with Crippen LogP contribution in [0.15, 0.2) is 29.1 Å². The molecular weight excluding hydrogens is 235 g/mol. The first-order chi connectivity index (χ1) is 8.60. The Morgan fingerprint density at radius 1 is 1.44 bits per heavy atom. The van der Waals surface area contributed by atoms with Crippen LogP contribution >= 0.6 is 0 Å². The van der Waals surface area contributed by atoms with E-state index in [0.717, 1.165) is 11.3 Å². The van der Waals surface area contributed by atoms with E-state index in [1.807, 2.05) is 24.3 Å². The second-order valence-electron chi connectivity index (χ2n) is 3.94. The van der Waals surface area contributed by atoms with Crippen LogP contribution in [0, 0.1) is 12.7 Å². The fourth-order valence-corrected chi connectivity index (χ4v) is 1.69. The summed E-state index contributed by atoms with van der Waals surface area (Å²) in [4.78, 5) is 17.7. The van der Waals surface area contributed by atoms with E-state index < -0.39 is 11.4 Å². The largest absolute Gasteiger partial charge is 0.497 e. The van der Waals surface area contributed by atoms with Crippen molar-refractivity contribution in [1.82, 2.24) is 9.97 Å². The van der Waals surface area contributed by atoms with Crippen LogP contribution in [0.5, 0.6) is 5.75 Å². The maximum absolute atomic E-state index is 13.1. The molecule has 2 aromatic rings. The minimum Gasteiger partial charge on any atom is -0.497 e. The number of methoxy groups -OCH3 is 1. The zero-order valence-corrected chi connectivity index (χ0v) is 10.2. The van der Waals surface area contributed by atoms with Crippen LogP contribution in [0.25, 0.3) is 0 Å². The van der Waals surface area contributed by atoms with Gasteiger partial charge in [-0.1, -0.05) is 12.1 Å². The van der Waals surface area contributed by atoms with Crippen molar-refractivity contribution in [2.24, 2.45) is 0 Å². The van der Waals surface area contributed by atoms with Crippen molar-refractivity contribution >= 4 is 0 Å². The molecule has 94 valence electrons. The molecule has 18 heavy (non-hydrogen) atoms. The minimum absolute atomic E-state index is 0.108. The van der Waals surface area contributed by atoms with E-state index in [-0.39, 0.29) is 5.69 Å². The number of ether oxygens (including phenoxy) is 1. The number of benzene rings is 1. The second-order valence-corrected chi connectivity index (χ2v) is 3.94. The number of aryl methyl sites for hydroxylation is 1. The van der Waals surface area contributed by atoms with Crippen LogP contribution in [-0.2, 0) is 6.42 Å². The van der Waals surface area contributed by atoms with Crippen molar-refractivity contribution in [2.75, 3.05) is 7.11 Å². The maximum atomic E-state index is 13.1. The highest BCUT2D eigenvalue weighted by molar-refractivity contribution is 5.30. The number of aromatic nitrogens is 2. The van der Waals surface area contributed by atoms with Crippen molar-refractivity contribution in [3.8, 4) is 5.75 Å². The van der Waals surface area contributed by atoms with E-state index in [1.165, 1.54) is 6.92 Å². The highest BCUT2D eigenvalue weighted by atomic mass is 19.1. The second kappa shape index (κ2) is 5.00. The number of rotatable bonds is 3. The number of H-pyrrole nitrogens is 1. The lowest BCUT2D eigenvalue weighted by Gasteiger charge is -2.05. The summed E-state index contributed by atoms with van der Waals surface area (Å²) in [6, 6.07) is 7.41. The standard InChI is InChI=1S/C13H13FN2O2/c1-8-12(14)13(17)16-11(15-8)7-9-4-3-5-10(6-9)18-2/h3-6H,7H2,1-2H3,(H,15,16,17). The third kappa shape index (κ3) is 2.56. The van der Waals surface area contributed by atoms with Gasteiger partial charge in [-0.25, -0.2) is 4.98 Å². The van der Waals surface area contributed by atoms with Crippen LogP contribution in [0.4, 0.5) is 4.39 Å². The molecule has 0 bridgehead atoms. The van der Waals surface area contributed by atoms with Gasteiger partial charge in [0.15, 0.2) is 0 Å². The molecule has 0 unspecified atom stereocenters. The first-order valence-electron chi connectivity index (χ1n) is 5.48. The van der Waals surface area contributed by atoms with Crippen LogP contribution in [0.1, 0.15) is 17.1 Å². The molecule has 5 heteroatoms. The minimum atomic E-state index is -0.829. The maximum Gasteiger partial charge on any atom is 0.287 e. The summed E-state index contributed by atoms with van der Waals surface area (Å²) in [7, 11) is 1.58. The molecule has 4 nitrogen and oxygen atoms in total. The van der Waals surface area contributed by atoms with Gasteiger partial charge in [0.1, 0.15) is 11.6 Å². The Bertz CT molecular complexity index is 623. The Morgan fingerprint density at radius 3 is 2.89 bits per heavy atom. The smallest absolute Gasteiger partial charge is 0.287 e. The zero-order chi connectivity index (χ0) is 13.1. The molecule has 1 aromatic carbocycles. The lowest BCUT2D eigenvalue weighted by Crippen LogP contribution is -2.17. The Balaban J connectivity index is 2.31. The normalized spacial score (nSPS) is 10.4. The zero-order valence-electron chi connectivity index (χ0n) is 10.2. The van der Waals surface area contributed by atoms with Crippen LogP contribution in [0.3, 0.4) is 0 Å². The number of halogens is 1. The van der Waals surface area contributed by atoms with Crippen molar-refractivity contribution in [2.45, 2.75) is 13.3 Å². The summed E-state index contributed by atoms with van der Waals surface area (Å²) in [5, 5.41) is 0. The Hall–Kier alpha value is -2.17. The summed E-state index contributed by atoms with van der Waals surface area (Å²) >= 11 is 0. The summed E-state index contributed by atoms with van der Waals surface area (Å²) in [5.74, 6) is 0.338. The first kappa shape index (κ1) is 12.3. The van der Waals surface area contributed by atoms with Crippen molar-refractivity contribution in [3.63, 3.8) is 0 Å². The predicted octanol–water partition coefficient (Wildman–Crippen LogP) is 1.82. The van der Waals surface area contributed by atoms with Crippen molar-refractivity contribution in [1.29, 1.82) is 0 Å². The lowest BCUT2D eigenvalue weighted by molar-refractivity contribution is 0.414. The Kier molecular flexibility index (Phi) is 3.41. The van der Waals surface area contributed by atoms with E-state index in [0.29, 0.717) is 12.2 Å². The van der Waals surface area contributed by atoms with Gasteiger partial charge in [-0.3, -0.25) is 4.79 Å². The summed E-state index contributed by atoms with van der Waals surface area (Å²) in [6.45, 7) is 1.47. The molecular formula is C13H13FN2O2. The third-order valence-electron chi connectivity index (χ3n) is 2.58. The quantitative estimate of drug-likeness (QED) is 0.901. The van der Waals surface area contributed by atoms with E-state index in [1.54, 1.807) is 7.11 Å². The van der Waals surface area contributed by atoms with Gasteiger partial charge < -0.3 is 9.72 Å². The molecule has 0 fully saturated rings. The molecule has 0 aliphatic rings. The molecule has 0 saturated carbocycles. The Morgan fingerprint density at radius 2 is 2.22 bits per heavy atom. The highest BCUT2D eigenvalue weighted by Crippen LogP contribution is 2.14. The van der Waals surface area contributed by atoms with Crippen LogP contribution < -0.4 is 10.3 Å². The fraction of sp³-hybridized carbons (Fsp3) is 0.231. The highest BCUT2D eigenvalue weighted by Gasteiger charge is 2.07. The van der Waals surface area contributed by atoms with Crippen molar-refractivity contribution in [3.05, 3.63) is 57.5 Å². The molecule has 2 rings (SSSR count). The molecule has 0 aliphatic heterocycles. The van der Waals surface area contributed by atoms with E-state index in [2.05, 4.69) is 9.97 Å². The number of hydrogen-bond acceptors (Lipinski definition) is 3. The third-order valence-corrected chi connectivity index (χ3v) is 2.58. The van der Waals surface area contributed by atoms with E-state index >= 15 is 0 Å². The SMILES string of the molecule is COc1cccc(Cc2nc(C)c(F)c(=O)[nH]2)c1. The number of nitrogens with zero attached hydrogens (tertiary/aromatic N) is 1. The number of nitrogens with one attached hydrogen (secondary N) is 1. The van der Waals surface area contributed by atoms with E-state index in [9.17, 15) is 9.18 Å². The average molecular weight is 248 g/mol. The average Bonchev–Trinajstić information content (AvgIpc) is 2.36. The van der Waals surface area contributed by atoms with Gasteiger partial charge in [-0.15, -0.1) is 0 Å². The molecule has 0 spiro atoms. The summed E-state index contributed by atoms with van der Waals surface area (Å²) in [5.41, 5.74) is 0.306. The molecule has 0 saturated heterocycles. The molecule has 1 N–H and O–H groups in total. The molecule has 0 amide bonds. The molecule has 0 radical (unpaired) electrons. The van der Waals surface area contributed by atoms with Gasteiger partial charge in [0.05, 0.1) is 12.8 Å². The fourth-order valence-electron chi connectivity index (χ4n) is 1.69. The van der Waals surface area contributed by atoms with Crippen LogP contribution in [0.2, 0.25) is 0 Å². The molecule has 0 aliphatic carbocycles. The van der Waals surface area contributed by atoms with E-state index in [4.69, 9.17) is 4.74 Å². The van der Waals surface area contributed by atoms with Gasteiger partial charge in [0, 0.05) is 6.42 Å². The number of aromatic amines is 1. The summed E-state index contributed by atoms with van der Waals surface area (Å²) in [6.07, 6.45) is 0.424. The lowest BCUT2D eigenvalue weighted by atomic mass is 10.1. The van der Waals surface area contributed by atoms with Gasteiger partial charge in [0.2, 0.25) is 5.82 Å². The van der Waals surface area contributed by atoms with Crippen LogP contribution in [-0.4, -0.2) is 17.1 Å². The van der Waals surface area contributed by atoms with Gasteiger partial charge >= 0.3 is 0 Å². The molecule has 1 heterocycles. The Labute approximate surface area is 103 Å².